The maximum Gasteiger partial charge on any atom is 0.407 e. The van der Waals surface area contributed by atoms with Gasteiger partial charge in [-0.25, -0.2) is 4.79 Å². The van der Waals surface area contributed by atoms with Crippen molar-refractivity contribution in [2.75, 3.05) is 45.6 Å². The summed E-state index contributed by atoms with van der Waals surface area (Å²) < 4.78 is 10.5. The maximum atomic E-state index is 12.4. The fourth-order valence-electron chi connectivity index (χ4n) is 3.50. The number of methoxy groups -OCH3 is 1. The van der Waals surface area contributed by atoms with Gasteiger partial charge in [0.1, 0.15) is 11.4 Å². The lowest BCUT2D eigenvalue weighted by molar-refractivity contribution is 0.0519. The van der Waals surface area contributed by atoms with Gasteiger partial charge in [-0.3, -0.25) is 4.79 Å². The molecule has 0 bridgehead atoms. The Kier molecular flexibility index (Phi) is 9.25. The van der Waals surface area contributed by atoms with Crippen LogP contribution in [0.5, 0.6) is 5.75 Å². The number of amides is 2. The van der Waals surface area contributed by atoms with Gasteiger partial charge in [0, 0.05) is 25.7 Å². The first-order valence-corrected chi connectivity index (χ1v) is 11.1. The van der Waals surface area contributed by atoms with Crippen molar-refractivity contribution in [2.24, 2.45) is 5.92 Å². The van der Waals surface area contributed by atoms with Crippen LogP contribution >= 0.6 is 11.6 Å². The van der Waals surface area contributed by atoms with Crippen molar-refractivity contribution in [1.82, 2.24) is 15.5 Å². The first-order chi connectivity index (χ1) is 14.6. The molecule has 8 nitrogen and oxygen atoms in total. The highest BCUT2D eigenvalue weighted by Gasteiger charge is 2.23. The third kappa shape index (κ3) is 8.45. The van der Waals surface area contributed by atoms with Crippen molar-refractivity contribution in [3.05, 3.63) is 22.7 Å². The number of hydrogen-bond acceptors (Lipinski definition) is 6. The zero-order valence-electron chi connectivity index (χ0n) is 18.9. The number of nitrogen functional groups attached to an aromatic ring is 1. The van der Waals surface area contributed by atoms with Gasteiger partial charge < -0.3 is 30.7 Å². The number of carbonyl (C=O) groups excluding carboxylic acids is 2. The number of carbonyl (C=O) groups is 2. The number of alkyl carbamates (subject to hydrolysis) is 1. The number of likely N-dealkylation sites (tertiary alicyclic amines) is 1. The third-order valence-electron chi connectivity index (χ3n) is 5.05. The van der Waals surface area contributed by atoms with Gasteiger partial charge in [0.25, 0.3) is 5.91 Å². The number of nitrogens with two attached hydrogens (primary N) is 1. The van der Waals surface area contributed by atoms with Gasteiger partial charge in [-0.1, -0.05) is 11.6 Å². The van der Waals surface area contributed by atoms with Crippen molar-refractivity contribution in [3.8, 4) is 5.75 Å². The summed E-state index contributed by atoms with van der Waals surface area (Å²) in [5.41, 5.74) is 6.03. The van der Waals surface area contributed by atoms with Crippen LogP contribution in [0.4, 0.5) is 10.5 Å². The van der Waals surface area contributed by atoms with Crippen LogP contribution in [-0.4, -0.2) is 62.3 Å². The van der Waals surface area contributed by atoms with E-state index in [0.29, 0.717) is 41.0 Å². The lowest BCUT2D eigenvalue weighted by Crippen LogP contribution is -2.36. The largest absolute Gasteiger partial charge is 0.496 e. The zero-order chi connectivity index (χ0) is 23.0. The summed E-state index contributed by atoms with van der Waals surface area (Å²) in [5, 5.41) is 6.10. The van der Waals surface area contributed by atoms with Crippen molar-refractivity contribution in [1.29, 1.82) is 0 Å². The van der Waals surface area contributed by atoms with E-state index < -0.39 is 5.60 Å². The molecule has 0 unspecified atom stereocenters. The summed E-state index contributed by atoms with van der Waals surface area (Å²) in [6.07, 6.45) is 2.55. The molecule has 1 aliphatic rings. The molecule has 31 heavy (non-hydrogen) atoms. The summed E-state index contributed by atoms with van der Waals surface area (Å²) >= 11 is 6.03. The second kappa shape index (κ2) is 11.4. The molecular formula is C22H35ClN4O4. The lowest BCUT2D eigenvalue weighted by atomic mass is 10.1. The first-order valence-electron chi connectivity index (χ1n) is 10.7. The molecule has 1 heterocycles. The Hall–Kier alpha value is -2.19. The van der Waals surface area contributed by atoms with Crippen LogP contribution in [0.25, 0.3) is 0 Å². The van der Waals surface area contributed by atoms with Crippen molar-refractivity contribution < 1.29 is 19.1 Å². The summed E-state index contributed by atoms with van der Waals surface area (Å²) in [4.78, 5) is 26.6. The fourth-order valence-corrected chi connectivity index (χ4v) is 3.66. The molecule has 0 radical (unpaired) electrons. The van der Waals surface area contributed by atoms with Gasteiger partial charge in [0.15, 0.2) is 0 Å². The lowest BCUT2D eigenvalue weighted by Gasteiger charge is -2.21. The van der Waals surface area contributed by atoms with E-state index in [1.807, 2.05) is 20.8 Å². The predicted octanol–water partition coefficient (Wildman–Crippen LogP) is 3.29. The number of anilines is 1. The number of rotatable bonds is 9. The van der Waals surface area contributed by atoms with Crippen LogP contribution in [0.3, 0.4) is 0 Å². The Balaban J connectivity index is 1.63. The maximum absolute atomic E-state index is 12.4. The van der Waals surface area contributed by atoms with E-state index >= 15 is 0 Å². The van der Waals surface area contributed by atoms with Crippen molar-refractivity contribution >= 4 is 29.3 Å². The van der Waals surface area contributed by atoms with E-state index in [4.69, 9.17) is 26.8 Å². The Labute approximate surface area is 189 Å². The number of ether oxygens (including phenoxy) is 2. The number of halogens is 1. The molecule has 1 aromatic carbocycles. The van der Waals surface area contributed by atoms with Crippen LogP contribution in [0, 0.1) is 5.92 Å². The van der Waals surface area contributed by atoms with E-state index in [1.54, 1.807) is 6.07 Å². The van der Waals surface area contributed by atoms with Gasteiger partial charge in [-0.2, -0.15) is 0 Å². The van der Waals surface area contributed by atoms with E-state index in [1.165, 1.54) is 13.2 Å². The number of nitrogens with one attached hydrogen (secondary N) is 2. The fraction of sp³-hybridized carbons (Fsp3) is 0.636. The van der Waals surface area contributed by atoms with Crippen LogP contribution in [0.15, 0.2) is 12.1 Å². The molecule has 0 aliphatic carbocycles. The highest BCUT2D eigenvalue weighted by Crippen LogP contribution is 2.28. The zero-order valence-corrected chi connectivity index (χ0v) is 19.7. The highest BCUT2D eigenvalue weighted by molar-refractivity contribution is 6.33. The minimum Gasteiger partial charge on any atom is -0.496 e. The van der Waals surface area contributed by atoms with E-state index in [-0.39, 0.29) is 12.0 Å². The van der Waals surface area contributed by atoms with Crippen molar-refractivity contribution in [2.45, 2.75) is 45.6 Å². The Morgan fingerprint density at radius 1 is 1.26 bits per heavy atom. The molecule has 2 amide bonds. The van der Waals surface area contributed by atoms with Gasteiger partial charge in [-0.05, 0) is 65.1 Å². The summed E-state index contributed by atoms with van der Waals surface area (Å²) in [6.45, 7) is 9.72. The number of nitrogens with zero attached hydrogens (tertiary/aromatic N) is 1. The van der Waals surface area contributed by atoms with Crippen molar-refractivity contribution in [3.63, 3.8) is 0 Å². The molecule has 1 aromatic rings. The van der Waals surface area contributed by atoms with Gasteiger partial charge in [0.2, 0.25) is 0 Å². The predicted molar refractivity (Wildman–Crippen MR) is 123 cm³/mol. The minimum atomic E-state index is -0.480. The second-order valence-corrected chi connectivity index (χ2v) is 9.28. The summed E-state index contributed by atoms with van der Waals surface area (Å²) in [7, 11) is 1.49. The van der Waals surface area contributed by atoms with Gasteiger partial charge in [0.05, 0.1) is 23.4 Å². The van der Waals surface area contributed by atoms with Crippen LogP contribution < -0.4 is 21.1 Å². The molecule has 1 aliphatic heterocycles. The number of unbranched alkanes of at least 4 members (excludes halogenated alkanes) is 1. The quantitative estimate of drug-likeness (QED) is 0.390. The topological polar surface area (TPSA) is 106 Å². The molecule has 2 rings (SSSR count). The normalized spacial score (nSPS) is 16.7. The number of benzene rings is 1. The Morgan fingerprint density at radius 3 is 2.68 bits per heavy atom. The SMILES string of the molecule is COc1cc(N)c(Cl)cc1C(=O)NCCCCN1CC[C@H](CNC(=O)OC(C)(C)C)C1. The molecule has 4 N–H and O–H groups in total. The molecule has 0 aromatic heterocycles. The Morgan fingerprint density at radius 2 is 2.00 bits per heavy atom. The molecule has 1 saturated heterocycles. The standard InChI is InChI=1S/C22H35ClN4O4/c1-22(2,3)31-21(29)26-13-15-7-10-27(14-15)9-6-5-8-25-20(28)16-11-17(23)18(24)12-19(16)30-4/h11-12,15H,5-10,13-14,24H2,1-4H3,(H,25,28)(H,26,29)/t15-/m1/s1. The summed E-state index contributed by atoms with van der Waals surface area (Å²) in [5.74, 6) is 0.616. The molecule has 1 atom stereocenters. The molecule has 174 valence electrons. The third-order valence-corrected chi connectivity index (χ3v) is 5.38. The van der Waals surface area contributed by atoms with E-state index in [9.17, 15) is 9.59 Å². The molecule has 1 fully saturated rings. The van der Waals surface area contributed by atoms with Gasteiger partial charge >= 0.3 is 6.09 Å². The average molecular weight is 455 g/mol. The van der Waals surface area contributed by atoms with Crippen LogP contribution in [0.2, 0.25) is 5.02 Å². The van der Waals surface area contributed by atoms with E-state index in [0.717, 1.165) is 38.9 Å². The highest BCUT2D eigenvalue weighted by atomic mass is 35.5. The molecule has 0 saturated carbocycles. The van der Waals surface area contributed by atoms with Crippen LogP contribution in [0.1, 0.15) is 50.4 Å². The monoisotopic (exact) mass is 454 g/mol. The molecule has 0 spiro atoms. The van der Waals surface area contributed by atoms with Gasteiger partial charge in [-0.15, -0.1) is 0 Å². The minimum absolute atomic E-state index is 0.229. The summed E-state index contributed by atoms with van der Waals surface area (Å²) in [6, 6.07) is 3.08. The smallest absolute Gasteiger partial charge is 0.407 e. The van der Waals surface area contributed by atoms with Crippen LogP contribution in [-0.2, 0) is 4.74 Å². The molecular weight excluding hydrogens is 420 g/mol. The Bertz CT molecular complexity index is 767. The first kappa shape index (κ1) is 25.1. The number of hydrogen-bond donors (Lipinski definition) is 3. The molecule has 9 heteroatoms. The second-order valence-electron chi connectivity index (χ2n) is 8.88. The van der Waals surface area contributed by atoms with E-state index in [2.05, 4.69) is 15.5 Å². The average Bonchev–Trinajstić information content (AvgIpc) is 3.14.